The molecule has 0 aromatic carbocycles. The summed E-state index contributed by atoms with van der Waals surface area (Å²) in [6.45, 7) is 0.149. The molecule has 1 unspecified atom stereocenters. The van der Waals surface area contributed by atoms with Crippen molar-refractivity contribution in [3.05, 3.63) is 43.2 Å². The molecule has 1 aliphatic rings. The van der Waals surface area contributed by atoms with Crippen LogP contribution in [0.5, 0.6) is 0 Å². The Kier molecular flexibility index (Phi) is 4.86. The van der Waals surface area contributed by atoms with Gasteiger partial charge < -0.3 is 0 Å². The highest BCUT2D eigenvalue weighted by molar-refractivity contribution is 7.85. The second kappa shape index (κ2) is 7.57. The van der Waals surface area contributed by atoms with Crippen molar-refractivity contribution in [2.45, 2.75) is 25.3 Å². The standard InChI is InChI=1S/C20H23N7O3S/c1-25-12-15(10-22-25)17-9-19-21-6-7-26(19)20(24-17)16-11-23-27(13-16)18(14-3-4-14)5-8-30-31(2,28)29/h6-7,9-14,18H,3-5,8H2,1-2H3. The maximum Gasteiger partial charge on any atom is 0.264 e. The average molecular weight is 442 g/mol. The van der Waals surface area contributed by atoms with E-state index in [9.17, 15) is 8.42 Å². The number of aromatic nitrogens is 7. The van der Waals surface area contributed by atoms with Gasteiger partial charge in [0, 0.05) is 43.5 Å². The average Bonchev–Trinajstić information content (AvgIpc) is 3.09. The topological polar surface area (TPSA) is 109 Å². The van der Waals surface area contributed by atoms with Crippen molar-refractivity contribution < 1.29 is 12.6 Å². The van der Waals surface area contributed by atoms with E-state index in [0.717, 1.165) is 47.4 Å². The highest BCUT2D eigenvalue weighted by atomic mass is 32.2. The molecule has 0 aliphatic heterocycles. The van der Waals surface area contributed by atoms with Crippen LogP contribution in [0.25, 0.3) is 28.3 Å². The summed E-state index contributed by atoms with van der Waals surface area (Å²) >= 11 is 0. The van der Waals surface area contributed by atoms with Crippen LogP contribution in [0.2, 0.25) is 0 Å². The number of hydrogen-bond acceptors (Lipinski definition) is 7. The Hall–Kier alpha value is -3.05. The monoisotopic (exact) mass is 441 g/mol. The lowest BCUT2D eigenvalue weighted by atomic mass is 10.1. The predicted molar refractivity (Wildman–Crippen MR) is 114 cm³/mol. The van der Waals surface area contributed by atoms with Crippen LogP contribution >= 0.6 is 0 Å². The molecule has 5 rings (SSSR count). The number of fused-ring (bicyclic) bond motifs is 1. The van der Waals surface area contributed by atoms with E-state index >= 15 is 0 Å². The third kappa shape index (κ3) is 4.23. The fourth-order valence-electron chi connectivity index (χ4n) is 3.85. The molecule has 0 amide bonds. The lowest BCUT2D eigenvalue weighted by Crippen LogP contribution is -2.16. The highest BCUT2D eigenvalue weighted by Crippen LogP contribution is 2.41. The molecule has 11 heteroatoms. The molecule has 10 nitrogen and oxygen atoms in total. The summed E-state index contributed by atoms with van der Waals surface area (Å²) in [6, 6.07) is 2.02. The summed E-state index contributed by atoms with van der Waals surface area (Å²) in [6.07, 6.45) is 15.0. The van der Waals surface area contributed by atoms with Gasteiger partial charge in [-0.25, -0.2) is 9.97 Å². The largest absolute Gasteiger partial charge is 0.284 e. The Morgan fingerprint density at radius 2 is 2.00 bits per heavy atom. The van der Waals surface area contributed by atoms with Crippen LogP contribution in [0.1, 0.15) is 25.3 Å². The normalized spacial score (nSPS) is 15.5. The second-order valence-corrected chi connectivity index (χ2v) is 9.60. The maximum atomic E-state index is 11.3. The van der Waals surface area contributed by atoms with Crippen molar-refractivity contribution in [1.82, 2.24) is 33.9 Å². The minimum absolute atomic E-state index is 0.0929. The van der Waals surface area contributed by atoms with Crippen molar-refractivity contribution in [1.29, 1.82) is 0 Å². The zero-order valence-corrected chi connectivity index (χ0v) is 18.1. The van der Waals surface area contributed by atoms with Gasteiger partial charge in [-0.3, -0.25) is 17.9 Å². The van der Waals surface area contributed by atoms with Crippen molar-refractivity contribution in [3.63, 3.8) is 0 Å². The van der Waals surface area contributed by atoms with Crippen molar-refractivity contribution in [2.24, 2.45) is 13.0 Å². The van der Waals surface area contributed by atoms with Gasteiger partial charge in [-0.05, 0) is 25.2 Å². The van der Waals surface area contributed by atoms with Crippen LogP contribution < -0.4 is 0 Å². The van der Waals surface area contributed by atoms with Gasteiger partial charge in [0.1, 0.15) is 11.5 Å². The maximum absolute atomic E-state index is 11.3. The molecule has 0 radical (unpaired) electrons. The molecule has 162 valence electrons. The number of rotatable bonds is 8. The molecular formula is C20H23N7O3S. The molecule has 1 atom stereocenters. The Morgan fingerprint density at radius 3 is 2.71 bits per heavy atom. The van der Waals surface area contributed by atoms with Gasteiger partial charge >= 0.3 is 0 Å². The third-order valence-corrected chi connectivity index (χ3v) is 6.06. The predicted octanol–water partition coefficient (Wildman–Crippen LogP) is 2.31. The van der Waals surface area contributed by atoms with Crippen molar-refractivity contribution in [2.75, 3.05) is 12.9 Å². The smallest absolute Gasteiger partial charge is 0.264 e. The molecule has 1 aliphatic carbocycles. The van der Waals surface area contributed by atoms with Crippen LogP contribution in [-0.4, -0.2) is 55.2 Å². The van der Waals surface area contributed by atoms with E-state index < -0.39 is 10.1 Å². The molecule has 1 fully saturated rings. The molecule has 1 saturated carbocycles. The zero-order valence-electron chi connectivity index (χ0n) is 17.3. The first-order chi connectivity index (χ1) is 14.9. The molecule has 4 aromatic heterocycles. The Labute approximate surface area is 179 Å². The third-order valence-electron chi connectivity index (χ3n) is 5.47. The first-order valence-corrected chi connectivity index (χ1v) is 11.9. The van der Waals surface area contributed by atoms with Crippen molar-refractivity contribution >= 4 is 15.8 Å². The fraction of sp³-hybridized carbons (Fsp3) is 0.400. The van der Waals surface area contributed by atoms with Crippen LogP contribution in [0.3, 0.4) is 0 Å². The minimum Gasteiger partial charge on any atom is -0.284 e. The summed E-state index contributed by atoms with van der Waals surface area (Å²) in [5.41, 5.74) is 3.35. The fourth-order valence-corrected chi connectivity index (χ4v) is 4.25. The first-order valence-electron chi connectivity index (χ1n) is 10.1. The molecule has 0 N–H and O–H groups in total. The minimum atomic E-state index is -3.45. The Balaban J connectivity index is 1.48. The van der Waals surface area contributed by atoms with E-state index in [2.05, 4.69) is 15.2 Å². The number of hydrogen-bond donors (Lipinski definition) is 0. The van der Waals surface area contributed by atoms with Crippen molar-refractivity contribution in [3.8, 4) is 22.6 Å². The van der Waals surface area contributed by atoms with Gasteiger partial charge in [0.2, 0.25) is 0 Å². The van der Waals surface area contributed by atoms with Gasteiger partial charge in [0.05, 0.1) is 42.6 Å². The molecule has 4 aromatic rings. The van der Waals surface area contributed by atoms with E-state index in [1.54, 1.807) is 23.3 Å². The Morgan fingerprint density at radius 1 is 1.19 bits per heavy atom. The zero-order chi connectivity index (χ0) is 21.6. The van der Waals surface area contributed by atoms with E-state index in [0.29, 0.717) is 12.3 Å². The van der Waals surface area contributed by atoms with Crippen LogP contribution in [0, 0.1) is 5.92 Å². The summed E-state index contributed by atoms with van der Waals surface area (Å²) in [4.78, 5) is 9.30. The van der Waals surface area contributed by atoms with E-state index in [1.807, 2.05) is 40.8 Å². The van der Waals surface area contributed by atoms with E-state index in [4.69, 9.17) is 9.17 Å². The van der Waals surface area contributed by atoms with Gasteiger partial charge in [0.25, 0.3) is 10.1 Å². The second-order valence-electron chi connectivity index (χ2n) is 7.95. The van der Waals surface area contributed by atoms with Crippen LogP contribution in [-0.2, 0) is 21.3 Å². The summed E-state index contributed by atoms with van der Waals surface area (Å²) in [5, 5.41) is 8.83. The van der Waals surface area contributed by atoms with Crippen LogP contribution in [0.4, 0.5) is 0 Å². The van der Waals surface area contributed by atoms with Gasteiger partial charge in [-0.2, -0.15) is 18.6 Å². The summed E-state index contributed by atoms with van der Waals surface area (Å²) in [5.74, 6) is 1.22. The van der Waals surface area contributed by atoms with Gasteiger partial charge in [-0.15, -0.1) is 0 Å². The molecule has 0 saturated heterocycles. The molecule has 31 heavy (non-hydrogen) atoms. The first kappa shape index (κ1) is 19.9. The van der Waals surface area contributed by atoms with E-state index in [1.165, 1.54) is 0 Å². The molecule has 0 bridgehead atoms. The lowest BCUT2D eigenvalue weighted by Gasteiger charge is -2.16. The van der Waals surface area contributed by atoms with E-state index in [-0.39, 0.29) is 12.6 Å². The SMILES string of the molecule is Cn1cc(-c2cc3nccn3c(-c3cnn(C(CCOS(C)(=O)=O)C4CC4)c3)n2)cn1. The molecular weight excluding hydrogens is 418 g/mol. The van der Waals surface area contributed by atoms with Gasteiger partial charge in [-0.1, -0.05) is 0 Å². The van der Waals surface area contributed by atoms with Crippen LogP contribution in [0.15, 0.2) is 43.2 Å². The number of nitrogens with zero attached hydrogens (tertiary/aromatic N) is 7. The summed E-state index contributed by atoms with van der Waals surface area (Å²) < 4.78 is 33.2. The number of aryl methyl sites for hydroxylation is 1. The quantitative estimate of drug-likeness (QED) is 0.386. The van der Waals surface area contributed by atoms with Gasteiger partial charge in [0.15, 0.2) is 0 Å². The number of imidazole rings is 1. The molecule has 4 heterocycles. The molecule has 0 spiro atoms. The summed E-state index contributed by atoms with van der Waals surface area (Å²) in [7, 11) is -1.58. The highest BCUT2D eigenvalue weighted by Gasteiger charge is 2.33. The Bertz CT molecular complexity index is 1330. The lowest BCUT2D eigenvalue weighted by molar-refractivity contribution is 0.263.